The first-order chi connectivity index (χ1) is 13.7. The number of hydrogen-bond acceptors (Lipinski definition) is 8. The van der Waals surface area contributed by atoms with Crippen molar-refractivity contribution in [1.82, 2.24) is 19.9 Å². The zero-order chi connectivity index (χ0) is 19.3. The van der Waals surface area contributed by atoms with Gasteiger partial charge < -0.3 is 15.9 Å². The number of thioether (sulfide) groups is 1. The number of benzene rings is 2. The maximum Gasteiger partial charge on any atom is 0.236 e. The Labute approximate surface area is 168 Å². The molecular weight excluding hydrogens is 396 g/mol. The number of fused-ring (bicyclic) bond motifs is 1. The van der Waals surface area contributed by atoms with E-state index in [4.69, 9.17) is 10.6 Å². The molecule has 142 valence electrons. The number of anilines is 1. The number of nitrogens with one attached hydrogen (secondary N) is 1. The number of hydrogen-bond donors (Lipinski definition) is 2. The van der Waals surface area contributed by atoms with Crippen LogP contribution < -0.4 is 15.9 Å². The van der Waals surface area contributed by atoms with Crippen LogP contribution in [-0.2, 0) is 11.4 Å². The molecule has 2 aromatic heterocycles. The van der Waals surface area contributed by atoms with Crippen molar-refractivity contribution in [2.45, 2.75) is 11.8 Å². The van der Waals surface area contributed by atoms with Gasteiger partial charge in [0, 0.05) is 0 Å². The number of carbonyl (C=O) groups is 1. The topological polar surface area (TPSA) is 108 Å². The summed E-state index contributed by atoms with van der Waals surface area (Å²) in [5.41, 5.74) is 0.861. The molecule has 1 amide bonds. The highest BCUT2D eigenvalue weighted by atomic mass is 32.2. The van der Waals surface area contributed by atoms with E-state index >= 15 is 0 Å². The van der Waals surface area contributed by atoms with Crippen LogP contribution in [0.3, 0.4) is 0 Å². The zero-order valence-corrected chi connectivity index (χ0v) is 16.2. The van der Waals surface area contributed by atoms with Gasteiger partial charge in [0.05, 0.1) is 16.0 Å². The van der Waals surface area contributed by atoms with Crippen molar-refractivity contribution in [3.8, 4) is 5.75 Å². The van der Waals surface area contributed by atoms with Crippen molar-refractivity contribution in [3.05, 3.63) is 60.4 Å². The van der Waals surface area contributed by atoms with Gasteiger partial charge in [-0.25, -0.2) is 9.66 Å². The van der Waals surface area contributed by atoms with E-state index in [0.717, 1.165) is 16.0 Å². The third-order valence-electron chi connectivity index (χ3n) is 3.72. The van der Waals surface area contributed by atoms with Crippen molar-refractivity contribution in [1.29, 1.82) is 0 Å². The summed E-state index contributed by atoms with van der Waals surface area (Å²) in [4.78, 5) is 16.6. The number of ether oxygens (including phenoxy) is 1. The summed E-state index contributed by atoms with van der Waals surface area (Å²) in [6.07, 6.45) is 0. The molecule has 2 heterocycles. The average molecular weight is 413 g/mol. The summed E-state index contributed by atoms with van der Waals surface area (Å²) >= 11 is 2.63. The standard InChI is InChI=1S/C18H16N6O2S2/c19-24-15(10-26-12-6-2-1-3-7-12)22-23-18(24)27-11-16(25)21-17-20-13-8-4-5-9-14(13)28-17/h1-9H,10-11,19H2,(H,20,21,25). The molecule has 4 rings (SSSR count). The zero-order valence-electron chi connectivity index (χ0n) is 14.6. The first-order valence-electron chi connectivity index (χ1n) is 8.34. The number of amides is 1. The predicted octanol–water partition coefficient (Wildman–Crippen LogP) is 2.91. The molecule has 2 aromatic carbocycles. The van der Waals surface area contributed by atoms with Gasteiger partial charge >= 0.3 is 0 Å². The Morgan fingerprint density at radius 3 is 2.75 bits per heavy atom. The fourth-order valence-corrected chi connectivity index (χ4v) is 3.94. The molecule has 8 nitrogen and oxygen atoms in total. The third kappa shape index (κ3) is 4.24. The van der Waals surface area contributed by atoms with E-state index in [1.165, 1.54) is 27.8 Å². The maximum atomic E-state index is 12.2. The number of nitrogens with two attached hydrogens (primary N) is 1. The van der Waals surface area contributed by atoms with Crippen molar-refractivity contribution >= 4 is 44.4 Å². The van der Waals surface area contributed by atoms with Gasteiger partial charge in [0.15, 0.2) is 11.0 Å². The fraction of sp³-hybridized carbons (Fsp3) is 0.111. The highest BCUT2D eigenvalue weighted by Crippen LogP contribution is 2.25. The molecule has 28 heavy (non-hydrogen) atoms. The smallest absolute Gasteiger partial charge is 0.236 e. The van der Waals surface area contributed by atoms with Gasteiger partial charge in [0.2, 0.25) is 11.1 Å². The highest BCUT2D eigenvalue weighted by molar-refractivity contribution is 7.99. The summed E-state index contributed by atoms with van der Waals surface area (Å²) in [6.45, 7) is 0.186. The Hall–Kier alpha value is -3.11. The monoisotopic (exact) mass is 412 g/mol. The van der Waals surface area contributed by atoms with Crippen LogP contribution in [0, 0.1) is 0 Å². The first kappa shape index (κ1) is 18.3. The van der Waals surface area contributed by atoms with E-state index in [9.17, 15) is 4.79 Å². The number of para-hydroxylation sites is 2. The Morgan fingerprint density at radius 2 is 1.93 bits per heavy atom. The van der Waals surface area contributed by atoms with Crippen molar-refractivity contribution < 1.29 is 9.53 Å². The van der Waals surface area contributed by atoms with Crippen LogP contribution in [-0.4, -0.2) is 31.5 Å². The number of carbonyl (C=O) groups excluding carboxylic acids is 1. The molecular formula is C18H16N6O2S2. The molecule has 0 saturated carbocycles. The highest BCUT2D eigenvalue weighted by Gasteiger charge is 2.14. The van der Waals surface area contributed by atoms with Crippen molar-refractivity contribution in [2.24, 2.45) is 0 Å². The minimum atomic E-state index is -0.186. The fourth-order valence-electron chi connectivity index (χ4n) is 2.38. The van der Waals surface area contributed by atoms with Crippen LogP contribution >= 0.6 is 23.1 Å². The average Bonchev–Trinajstić information content (AvgIpc) is 3.28. The Bertz CT molecular complexity index is 1060. The summed E-state index contributed by atoms with van der Waals surface area (Å²) in [5, 5.41) is 11.8. The molecule has 0 saturated heterocycles. The van der Waals surface area contributed by atoms with E-state index < -0.39 is 0 Å². The second-order valence-electron chi connectivity index (χ2n) is 5.69. The molecule has 10 heteroatoms. The largest absolute Gasteiger partial charge is 0.486 e. The lowest BCUT2D eigenvalue weighted by molar-refractivity contribution is -0.113. The molecule has 3 N–H and O–H groups in total. The van der Waals surface area contributed by atoms with E-state index in [0.29, 0.717) is 16.1 Å². The normalized spacial score (nSPS) is 10.9. The molecule has 0 spiro atoms. The lowest BCUT2D eigenvalue weighted by Crippen LogP contribution is -2.18. The van der Waals surface area contributed by atoms with E-state index in [-0.39, 0.29) is 18.3 Å². The number of thiazole rings is 1. The summed E-state index contributed by atoms with van der Waals surface area (Å²) < 4.78 is 7.98. The molecule has 0 aliphatic heterocycles. The Kier molecular flexibility index (Phi) is 5.40. The quantitative estimate of drug-likeness (QED) is 0.355. The van der Waals surface area contributed by atoms with Gasteiger partial charge in [0.1, 0.15) is 12.4 Å². The van der Waals surface area contributed by atoms with E-state index in [1.54, 1.807) is 0 Å². The summed E-state index contributed by atoms with van der Waals surface area (Å²) in [6, 6.07) is 17.1. The molecule has 0 aliphatic carbocycles. The molecule has 0 bridgehead atoms. The van der Waals surface area contributed by atoms with Crippen LogP contribution in [0.25, 0.3) is 10.2 Å². The maximum absolute atomic E-state index is 12.2. The van der Waals surface area contributed by atoms with Gasteiger partial charge in [-0.15, -0.1) is 10.2 Å². The van der Waals surface area contributed by atoms with Crippen LogP contribution in [0.4, 0.5) is 5.13 Å². The number of nitrogens with zero attached hydrogens (tertiary/aromatic N) is 4. The lowest BCUT2D eigenvalue weighted by Gasteiger charge is -2.06. The molecule has 0 atom stereocenters. The lowest BCUT2D eigenvalue weighted by atomic mass is 10.3. The first-order valence-corrected chi connectivity index (χ1v) is 10.1. The van der Waals surface area contributed by atoms with Gasteiger partial charge in [0.25, 0.3) is 0 Å². The molecule has 0 aliphatic rings. The van der Waals surface area contributed by atoms with Crippen LogP contribution in [0.5, 0.6) is 5.75 Å². The van der Waals surface area contributed by atoms with Gasteiger partial charge in [-0.3, -0.25) is 4.79 Å². The van der Waals surface area contributed by atoms with Gasteiger partial charge in [-0.05, 0) is 24.3 Å². The summed E-state index contributed by atoms with van der Waals surface area (Å²) in [7, 11) is 0. The summed E-state index contributed by atoms with van der Waals surface area (Å²) in [5.74, 6) is 7.15. The Morgan fingerprint density at radius 1 is 1.14 bits per heavy atom. The van der Waals surface area contributed by atoms with E-state index in [1.807, 2.05) is 54.6 Å². The van der Waals surface area contributed by atoms with Gasteiger partial charge in [-0.2, -0.15) is 0 Å². The second kappa shape index (κ2) is 8.28. The second-order valence-corrected chi connectivity index (χ2v) is 7.67. The predicted molar refractivity (Wildman–Crippen MR) is 110 cm³/mol. The molecule has 0 fully saturated rings. The van der Waals surface area contributed by atoms with E-state index in [2.05, 4.69) is 20.5 Å². The van der Waals surface area contributed by atoms with Crippen LogP contribution in [0.2, 0.25) is 0 Å². The van der Waals surface area contributed by atoms with Crippen LogP contribution in [0.15, 0.2) is 59.8 Å². The van der Waals surface area contributed by atoms with Gasteiger partial charge in [-0.1, -0.05) is 53.4 Å². The molecule has 0 unspecified atom stereocenters. The Balaban J connectivity index is 1.31. The molecule has 0 radical (unpaired) electrons. The van der Waals surface area contributed by atoms with Crippen molar-refractivity contribution in [3.63, 3.8) is 0 Å². The van der Waals surface area contributed by atoms with Crippen LogP contribution in [0.1, 0.15) is 5.82 Å². The minimum Gasteiger partial charge on any atom is -0.486 e. The number of rotatable bonds is 7. The third-order valence-corrected chi connectivity index (χ3v) is 5.61. The number of aromatic nitrogens is 4. The SMILES string of the molecule is Nn1c(COc2ccccc2)nnc1SCC(=O)Nc1nc2ccccc2s1. The molecule has 4 aromatic rings. The van der Waals surface area contributed by atoms with Crippen molar-refractivity contribution in [2.75, 3.05) is 16.9 Å². The minimum absolute atomic E-state index is 0.144. The number of nitrogen functional groups attached to an aromatic ring is 1.